The quantitative estimate of drug-likeness (QED) is 0.552. The van der Waals surface area contributed by atoms with Crippen molar-refractivity contribution in [3.63, 3.8) is 0 Å². The van der Waals surface area contributed by atoms with Crippen LogP contribution in [-0.2, 0) is 0 Å². The molecule has 1 rings (SSSR count). The predicted octanol–water partition coefficient (Wildman–Crippen LogP) is 1.38. The molecule has 0 aromatic rings. The van der Waals surface area contributed by atoms with E-state index < -0.39 is 0 Å². The third kappa shape index (κ3) is 3.50. The lowest BCUT2D eigenvalue weighted by molar-refractivity contribution is 0.255. The number of rotatable bonds is 3. The lowest BCUT2D eigenvalue weighted by Crippen LogP contribution is -2.44. The summed E-state index contributed by atoms with van der Waals surface area (Å²) in [4.78, 5) is 2.43. The van der Waals surface area contributed by atoms with Crippen molar-refractivity contribution in [2.45, 2.75) is 31.3 Å². The van der Waals surface area contributed by atoms with Crippen molar-refractivity contribution in [2.75, 3.05) is 19.6 Å². The van der Waals surface area contributed by atoms with Crippen molar-refractivity contribution in [1.82, 2.24) is 4.90 Å². The Labute approximate surface area is 90.9 Å². The zero-order valence-corrected chi connectivity index (χ0v) is 10.1. The van der Waals surface area contributed by atoms with E-state index in [1.807, 2.05) is 6.92 Å². The maximum atomic E-state index is 7.37. The maximum Gasteiger partial charge on any atom is 0.0947 e. The SMILES string of the molecule is CC1CN(CC(C)C(=N)N)CC(C)S1. The smallest absolute Gasteiger partial charge is 0.0947 e. The van der Waals surface area contributed by atoms with E-state index in [1.165, 1.54) is 0 Å². The second-order valence-electron chi connectivity index (χ2n) is 4.33. The van der Waals surface area contributed by atoms with Gasteiger partial charge in [-0.3, -0.25) is 5.41 Å². The Morgan fingerprint density at radius 1 is 1.50 bits per heavy atom. The van der Waals surface area contributed by atoms with Gasteiger partial charge in [0.05, 0.1) is 5.84 Å². The molecule has 1 heterocycles. The van der Waals surface area contributed by atoms with Gasteiger partial charge in [-0.05, 0) is 0 Å². The molecule has 1 fully saturated rings. The molecule has 3 atom stereocenters. The molecule has 3 nitrogen and oxygen atoms in total. The summed E-state index contributed by atoms with van der Waals surface area (Å²) in [5.41, 5.74) is 5.47. The average Bonchev–Trinajstić information content (AvgIpc) is 2.01. The molecular weight excluding hydrogens is 194 g/mol. The first-order valence-corrected chi connectivity index (χ1v) is 6.15. The van der Waals surface area contributed by atoms with E-state index in [2.05, 4.69) is 30.5 Å². The van der Waals surface area contributed by atoms with Gasteiger partial charge in [-0.1, -0.05) is 20.8 Å². The highest BCUT2D eigenvalue weighted by molar-refractivity contribution is 8.00. The van der Waals surface area contributed by atoms with Crippen LogP contribution in [-0.4, -0.2) is 40.9 Å². The van der Waals surface area contributed by atoms with Crippen LogP contribution in [0.15, 0.2) is 0 Å². The summed E-state index contributed by atoms with van der Waals surface area (Å²) in [6, 6.07) is 0. The van der Waals surface area contributed by atoms with Gasteiger partial charge in [0, 0.05) is 36.1 Å². The Balaban J connectivity index is 2.40. The second kappa shape index (κ2) is 5.03. The number of nitrogens with two attached hydrogens (primary N) is 1. The lowest BCUT2D eigenvalue weighted by atomic mass is 10.1. The molecule has 0 aromatic heterocycles. The van der Waals surface area contributed by atoms with Gasteiger partial charge in [0.2, 0.25) is 0 Å². The molecule has 4 heteroatoms. The number of thioether (sulfide) groups is 1. The van der Waals surface area contributed by atoms with Crippen LogP contribution in [0.3, 0.4) is 0 Å². The van der Waals surface area contributed by atoms with Crippen LogP contribution in [0, 0.1) is 11.3 Å². The summed E-state index contributed by atoms with van der Waals surface area (Å²) in [5, 5.41) is 8.78. The molecule has 1 saturated heterocycles. The predicted molar refractivity (Wildman–Crippen MR) is 64.0 cm³/mol. The number of hydrogen-bond donors (Lipinski definition) is 2. The first kappa shape index (κ1) is 11.9. The molecule has 1 aliphatic rings. The summed E-state index contributed by atoms with van der Waals surface area (Å²) < 4.78 is 0. The molecule has 0 spiro atoms. The highest BCUT2D eigenvalue weighted by atomic mass is 32.2. The van der Waals surface area contributed by atoms with E-state index in [-0.39, 0.29) is 5.92 Å². The fourth-order valence-electron chi connectivity index (χ4n) is 1.92. The van der Waals surface area contributed by atoms with Crippen LogP contribution in [0.25, 0.3) is 0 Å². The van der Waals surface area contributed by atoms with Gasteiger partial charge in [0.1, 0.15) is 0 Å². The molecule has 3 N–H and O–H groups in total. The zero-order chi connectivity index (χ0) is 10.7. The minimum absolute atomic E-state index is 0.192. The third-order valence-electron chi connectivity index (χ3n) is 2.56. The minimum atomic E-state index is 0.192. The van der Waals surface area contributed by atoms with Crippen LogP contribution in [0.4, 0.5) is 0 Å². The third-order valence-corrected chi connectivity index (χ3v) is 3.79. The van der Waals surface area contributed by atoms with Crippen molar-refractivity contribution >= 4 is 17.6 Å². The van der Waals surface area contributed by atoms with E-state index >= 15 is 0 Å². The Kier molecular flexibility index (Phi) is 4.26. The molecule has 3 unspecified atom stereocenters. The van der Waals surface area contributed by atoms with Gasteiger partial charge in [-0.15, -0.1) is 0 Å². The first-order valence-electron chi connectivity index (χ1n) is 5.20. The topological polar surface area (TPSA) is 53.1 Å². The van der Waals surface area contributed by atoms with Gasteiger partial charge >= 0.3 is 0 Å². The van der Waals surface area contributed by atoms with Crippen molar-refractivity contribution in [3.05, 3.63) is 0 Å². The minimum Gasteiger partial charge on any atom is -0.387 e. The first-order chi connectivity index (χ1) is 6.49. The fourth-order valence-corrected chi connectivity index (χ4v) is 3.31. The average molecular weight is 215 g/mol. The largest absolute Gasteiger partial charge is 0.387 e. The number of nitrogens with one attached hydrogen (secondary N) is 1. The lowest BCUT2D eigenvalue weighted by Gasteiger charge is -2.35. The molecule has 0 amide bonds. The van der Waals surface area contributed by atoms with Crippen molar-refractivity contribution in [1.29, 1.82) is 5.41 Å². The molecular formula is C10H21N3S. The Bertz CT molecular complexity index is 198. The number of amidine groups is 1. The molecule has 0 saturated carbocycles. The summed E-state index contributed by atoms with van der Waals surface area (Å²) in [6.07, 6.45) is 0. The van der Waals surface area contributed by atoms with E-state index in [9.17, 15) is 0 Å². The van der Waals surface area contributed by atoms with Crippen LogP contribution >= 0.6 is 11.8 Å². The van der Waals surface area contributed by atoms with E-state index in [1.54, 1.807) is 0 Å². The van der Waals surface area contributed by atoms with Crippen LogP contribution < -0.4 is 5.73 Å². The Morgan fingerprint density at radius 2 is 2.00 bits per heavy atom. The van der Waals surface area contributed by atoms with Crippen molar-refractivity contribution in [2.24, 2.45) is 11.7 Å². The Morgan fingerprint density at radius 3 is 2.43 bits per heavy atom. The standard InChI is InChI=1S/C10H21N3S/c1-7(10(11)12)4-13-5-8(2)14-9(3)6-13/h7-9H,4-6H2,1-3H3,(H3,11,12). The fraction of sp³-hybridized carbons (Fsp3) is 0.900. The van der Waals surface area contributed by atoms with E-state index in [0.717, 1.165) is 19.6 Å². The number of hydrogen-bond acceptors (Lipinski definition) is 3. The molecule has 0 bridgehead atoms. The molecule has 0 aliphatic carbocycles. The molecule has 1 aliphatic heterocycles. The van der Waals surface area contributed by atoms with Crippen molar-refractivity contribution in [3.8, 4) is 0 Å². The van der Waals surface area contributed by atoms with Gasteiger partial charge in [0.15, 0.2) is 0 Å². The summed E-state index contributed by atoms with van der Waals surface area (Å²) in [5.74, 6) is 0.501. The van der Waals surface area contributed by atoms with Gasteiger partial charge in [-0.25, -0.2) is 0 Å². The normalized spacial score (nSPS) is 31.4. The van der Waals surface area contributed by atoms with Gasteiger partial charge in [0.25, 0.3) is 0 Å². The summed E-state index contributed by atoms with van der Waals surface area (Å²) in [7, 11) is 0. The number of nitrogens with zero attached hydrogens (tertiary/aromatic N) is 1. The molecule has 14 heavy (non-hydrogen) atoms. The summed E-state index contributed by atoms with van der Waals surface area (Å²) in [6.45, 7) is 9.76. The monoisotopic (exact) mass is 215 g/mol. The Hall–Kier alpha value is -0.220. The second-order valence-corrected chi connectivity index (χ2v) is 6.21. The zero-order valence-electron chi connectivity index (χ0n) is 9.29. The highest BCUT2D eigenvalue weighted by Crippen LogP contribution is 2.24. The van der Waals surface area contributed by atoms with Crippen LogP contribution in [0.2, 0.25) is 0 Å². The summed E-state index contributed by atoms with van der Waals surface area (Å²) >= 11 is 2.05. The van der Waals surface area contributed by atoms with E-state index in [0.29, 0.717) is 16.3 Å². The maximum absolute atomic E-state index is 7.37. The molecule has 0 aromatic carbocycles. The van der Waals surface area contributed by atoms with Gasteiger partial charge < -0.3 is 10.6 Å². The highest BCUT2D eigenvalue weighted by Gasteiger charge is 2.23. The van der Waals surface area contributed by atoms with Crippen LogP contribution in [0.5, 0.6) is 0 Å². The van der Waals surface area contributed by atoms with E-state index in [4.69, 9.17) is 11.1 Å². The van der Waals surface area contributed by atoms with Gasteiger partial charge in [-0.2, -0.15) is 11.8 Å². The van der Waals surface area contributed by atoms with Crippen LogP contribution in [0.1, 0.15) is 20.8 Å². The van der Waals surface area contributed by atoms with Crippen molar-refractivity contribution < 1.29 is 0 Å². The molecule has 0 radical (unpaired) electrons. The molecule has 82 valence electrons.